The fourth-order valence-electron chi connectivity index (χ4n) is 2.62. The lowest BCUT2D eigenvalue weighted by Gasteiger charge is -2.41. The largest absolute Gasteiger partial charge is 0.381 e. The van der Waals surface area contributed by atoms with Crippen LogP contribution in [0.4, 0.5) is 0 Å². The molecule has 1 N–H and O–H groups in total. The van der Waals surface area contributed by atoms with Crippen LogP contribution in [-0.2, 0) is 4.74 Å². The van der Waals surface area contributed by atoms with Gasteiger partial charge in [-0.15, -0.1) is 0 Å². The lowest BCUT2D eigenvalue weighted by atomic mass is 9.98. The Kier molecular flexibility index (Phi) is 7.87. The molecule has 1 aliphatic heterocycles. The van der Waals surface area contributed by atoms with Gasteiger partial charge in [0, 0.05) is 44.9 Å². The van der Waals surface area contributed by atoms with Crippen LogP contribution < -0.4 is 5.32 Å². The molecule has 2 unspecified atom stereocenters. The fourth-order valence-corrected chi connectivity index (χ4v) is 2.62. The van der Waals surface area contributed by atoms with Crippen molar-refractivity contribution in [3.63, 3.8) is 0 Å². The molecule has 3 nitrogen and oxygen atoms in total. The Morgan fingerprint density at radius 3 is 2.67 bits per heavy atom. The van der Waals surface area contributed by atoms with E-state index in [-0.39, 0.29) is 0 Å². The topological polar surface area (TPSA) is 24.5 Å². The summed E-state index contributed by atoms with van der Waals surface area (Å²) < 4.78 is 5.57. The predicted octanol–water partition coefficient (Wildman–Crippen LogP) is 2.51. The second-order valence-electron chi connectivity index (χ2n) is 5.78. The van der Waals surface area contributed by atoms with E-state index in [0.29, 0.717) is 12.1 Å². The van der Waals surface area contributed by atoms with Gasteiger partial charge in [-0.05, 0) is 25.2 Å². The molecule has 1 rings (SSSR count). The van der Waals surface area contributed by atoms with E-state index in [2.05, 4.69) is 37.9 Å². The first-order valence-electron chi connectivity index (χ1n) is 7.74. The second kappa shape index (κ2) is 8.89. The van der Waals surface area contributed by atoms with E-state index < -0.39 is 0 Å². The maximum atomic E-state index is 5.57. The lowest BCUT2D eigenvalue weighted by molar-refractivity contribution is 0.0832. The van der Waals surface area contributed by atoms with Gasteiger partial charge in [-0.3, -0.25) is 4.90 Å². The first-order valence-corrected chi connectivity index (χ1v) is 7.74. The summed E-state index contributed by atoms with van der Waals surface area (Å²) in [4.78, 5) is 2.66. The van der Waals surface area contributed by atoms with Crippen LogP contribution in [0, 0.1) is 5.92 Å². The normalized spacial score (nSPS) is 25.8. The Labute approximate surface area is 113 Å². The minimum atomic E-state index is 0.657. The molecule has 0 saturated carbocycles. The van der Waals surface area contributed by atoms with Crippen molar-refractivity contribution in [3.8, 4) is 0 Å². The summed E-state index contributed by atoms with van der Waals surface area (Å²) in [7, 11) is 0. The van der Waals surface area contributed by atoms with Gasteiger partial charge in [-0.1, -0.05) is 27.7 Å². The predicted molar refractivity (Wildman–Crippen MR) is 78.0 cm³/mol. The second-order valence-corrected chi connectivity index (χ2v) is 5.78. The third kappa shape index (κ3) is 5.25. The average Bonchev–Trinajstić information content (AvgIpc) is 2.38. The van der Waals surface area contributed by atoms with Gasteiger partial charge in [0.05, 0.1) is 0 Å². The molecule has 0 radical (unpaired) electrons. The quantitative estimate of drug-likeness (QED) is 0.675. The van der Waals surface area contributed by atoms with Crippen molar-refractivity contribution in [2.75, 3.05) is 32.8 Å². The Balaban J connectivity index is 2.29. The van der Waals surface area contributed by atoms with Crippen LogP contribution >= 0.6 is 0 Å². The highest BCUT2D eigenvalue weighted by Gasteiger charge is 2.27. The van der Waals surface area contributed by atoms with E-state index in [9.17, 15) is 0 Å². The zero-order valence-corrected chi connectivity index (χ0v) is 12.7. The summed E-state index contributed by atoms with van der Waals surface area (Å²) in [6, 6.07) is 1.37. The molecule has 3 heteroatoms. The van der Waals surface area contributed by atoms with Crippen LogP contribution in [-0.4, -0.2) is 49.8 Å². The van der Waals surface area contributed by atoms with E-state index in [1.807, 2.05) is 0 Å². The van der Waals surface area contributed by atoms with Gasteiger partial charge in [0.25, 0.3) is 0 Å². The molecule has 0 spiro atoms. The lowest BCUT2D eigenvalue weighted by Crippen LogP contribution is -2.58. The number of piperazine rings is 1. The maximum Gasteiger partial charge on any atom is 0.0478 e. The van der Waals surface area contributed by atoms with Gasteiger partial charge in [-0.2, -0.15) is 0 Å². The van der Waals surface area contributed by atoms with Crippen LogP contribution in [0.2, 0.25) is 0 Å². The molecule has 1 fully saturated rings. The minimum absolute atomic E-state index is 0.657. The molecule has 1 heterocycles. The number of rotatable bonds is 8. The molecule has 0 amide bonds. The van der Waals surface area contributed by atoms with Crippen LogP contribution in [0.15, 0.2) is 0 Å². The number of hydrogen-bond donors (Lipinski definition) is 1. The van der Waals surface area contributed by atoms with Gasteiger partial charge in [0.2, 0.25) is 0 Å². The zero-order valence-electron chi connectivity index (χ0n) is 12.7. The average molecular weight is 256 g/mol. The molecule has 0 aromatic heterocycles. The molecule has 18 heavy (non-hydrogen) atoms. The Hall–Kier alpha value is -0.120. The Morgan fingerprint density at radius 2 is 2.06 bits per heavy atom. The van der Waals surface area contributed by atoms with Crippen molar-refractivity contribution < 1.29 is 4.74 Å². The molecule has 0 aromatic carbocycles. The van der Waals surface area contributed by atoms with Crippen molar-refractivity contribution in [1.82, 2.24) is 10.2 Å². The van der Waals surface area contributed by atoms with Gasteiger partial charge in [0.15, 0.2) is 0 Å². The van der Waals surface area contributed by atoms with Crippen LogP contribution in [0.5, 0.6) is 0 Å². The van der Waals surface area contributed by atoms with Crippen molar-refractivity contribution >= 4 is 0 Å². The standard InChI is InChI=1S/C15H32N2O/c1-5-9-18-10-7-8-17-12-15(13(3)4)16-11-14(17)6-2/h13-16H,5-12H2,1-4H3. The number of hydrogen-bond acceptors (Lipinski definition) is 3. The van der Waals surface area contributed by atoms with Gasteiger partial charge in [0.1, 0.15) is 0 Å². The summed E-state index contributed by atoms with van der Waals surface area (Å²) in [6.07, 6.45) is 3.54. The minimum Gasteiger partial charge on any atom is -0.381 e. The van der Waals surface area contributed by atoms with Crippen LogP contribution in [0.1, 0.15) is 47.0 Å². The summed E-state index contributed by atoms with van der Waals surface area (Å²) >= 11 is 0. The molecule has 1 saturated heterocycles. The molecule has 1 aliphatic rings. The smallest absolute Gasteiger partial charge is 0.0478 e. The highest BCUT2D eigenvalue weighted by atomic mass is 16.5. The van der Waals surface area contributed by atoms with Gasteiger partial charge in [-0.25, -0.2) is 0 Å². The molecule has 2 atom stereocenters. The Bertz CT molecular complexity index is 209. The highest BCUT2D eigenvalue weighted by Crippen LogP contribution is 2.15. The molecule has 108 valence electrons. The van der Waals surface area contributed by atoms with E-state index in [1.165, 1.54) is 25.9 Å². The van der Waals surface area contributed by atoms with Crippen molar-refractivity contribution in [1.29, 1.82) is 0 Å². The molecular formula is C15H32N2O. The fraction of sp³-hybridized carbons (Fsp3) is 1.00. The summed E-state index contributed by atoms with van der Waals surface area (Å²) in [5.74, 6) is 0.724. The molecule has 0 bridgehead atoms. The summed E-state index contributed by atoms with van der Waals surface area (Å²) in [5, 5.41) is 3.69. The van der Waals surface area contributed by atoms with Gasteiger partial charge < -0.3 is 10.1 Å². The number of nitrogens with zero attached hydrogens (tertiary/aromatic N) is 1. The summed E-state index contributed by atoms with van der Waals surface area (Å²) in [5.41, 5.74) is 0. The molecular weight excluding hydrogens is 224 g/mol. The Morgan fingerprint density at radius 1 is 1.28 bits per heavy atom. The van der Waals surface area contributed by atoms with E-state index in [1.54, 1.807) is 0 Å². The van der Waals surface area contributed by atoms with Crippen molar-refractivity contribution in [3.05, 3.63) is 0 Å². The first-order chi connectivity index (χ1) is 8.69. The van der Waals surface area contributed by atoms with E-state index in [4.69, 9.17) is 4.74 Å². The maximum absolute atomic E-state index is 5.57. The van der Waals surface area contributed by atoms with Crippen LogP contribution in [0.25, 0.3) is 0 Å². The highest BCUT2D eigenvalue weighted by molar-refractivity contribution is 4.86. The van der Waals surface area contributed by atoms with Gasteiger partial charge >= 0.3 is 0 Å². The van der Waals surface area contributed by atoms with E-state index in [0.717, 1.165) is 32.1 Å². The van der Waals surface area contributed by atoms with Crippen molar-refractivity contribution in [2.45, 2.75) is 59.0 Å². The first kappa shape index (κ1) is 15.9. The molecule has 0 aliphatic carbocycles. The number of ether oxygens (including phenoxy) is 1. The monoisotopic (exact) mass is 256 g/mol. The molecule has 0 aromatic rings. The van der Waals surface area contributed by atoms with Crippen LogP contribution in [0.3, 0.4) is 0 Å². The SMILES string of the molecule is CCCOCCCN1CC(C(C)C)NCC1CC. The summed E-state index contributed by atoms with van der Waals surface area (Å²) in [6.45, 7) is 14.4. The van der Waals surface area contributed by atoms with E-state index >= 15 is 0 Å². The van der Waals surface area contributed by atoms with Crippen molar-refractivity contribution in [2.24, 2.45) is 5.92 Å². The zero-order chi connectivity index (χ0) is 13.4. The number of nitrogens with one attached hydrogen (secondary N) is 1. The third-order valence-corrected chi connectivity index (χ3v) is 3.92. The third-order valence-electron chi connectivity index (χ3n) is 3.92.